The Bertz CT molecular complexity index is 987. The number of unbranched alkanes of at least 4 members (excludes halogenated alkanes) is 1. The summed E-state index contributed by atoms with van der Waals surface area (Å²) in [6.07, 6.45) is 3.23. The average Bonchev–Trinajstić information content (AvgIpc) is 2.73. The average molecular weight is 466 g/mol. The number of anilines is 2. The number of benzene rings is 2. The van der Waals surface area contributed by atoms with Crippen LogP contribution in [0.1, 0.15) is 18.5 Å². The number of pyridine rings is 1. The van der Waals surface area contributed by atoms with Crippen molar-refractivity contribution in [3.63, 3.8) is 0 Å². The molecule has 0 amide bonds. The molecule has 0 saturated carbocycles. The Labute approximate surface area is 194 Å². The third-order valence-electron chi connectivity index (χ3n) is 5.62. The van der Waals surface area contributed by atoms with Gasteiger partial charge in [0.15, 0.2) is 0 Å². The number of nitrogen functional groups attached to an aromatic ring is 1. The van der Waals surface area contributed by atoms with Crippen LogP contribution in [-0.4, -0.2) is 42.6 Å². The zero-order valence-electron chi connectivity index (χ0n) is 16.9. The van der Waals surface area contributed by atoms with Crippen LogP contribution >= 0.6 is 35.6 Å². The van der Waals surface area contributed by atoms with Crippen molar-refractivity contribution in [3.8, 4) is 0 Å². The van der Waals surface area contributed by atoms with Crippen molar-refractivity contribution in [3.05, 3.63) is 64.3 Å². The van der Waals surface area contributed by atoms with E-state index in [0.717, 1.165) is 63.4 Å². The summed E-state index contributed by atoms with van der Waals surface area (Å²) < 4.78 is 0. The predicted octanol–water partition coefficient (Wildman–Crippen LogP) is 5.69. The molecule has 3 aromatic rings. The number of fused-ring (bicyclic) bond motifs is 1. The van der Waals surface area contributed by atoms with Crippen LogP contribution in [0.3, 0.4) is 0 Å². The zero-order valence-corrected chi connectivity index (χ0v) is 19.2. The van der Waals surface area contributed by atoms with E-state index >= 15 is 0 Å². The van der Waals surface area contributed by atoms with E-state index in [4.69, 9.17) is 28.9 Å². The van der Waals surface area contributed by atoms with E-state index in [1.165, 1.54) is 10.8 Å². The predicted molar refractivity (Wildman–Crippen MR) is 131 cm³/mol. The molecule has 0 spiro atoms. The van der Waals surface area contributed by atoms with Gasteiger partial charge in [0.05, 0.1) is 21.4 Å². The lowest BCUT2D eigenvalue weighted by molar-refractivity contribution is 0.253. The van der Waals surface area contributed by atoms with Crippen molar-refractivity contribution in [1.82, 2.24) is 9.88 Å². The van der Waals surface area contributed by atoms with E-state index in [1.807, 2.05) is 30.3 Å². The molecule has 2 heterocycles. The monoisotopic (exact) mass is 464 g/mol. The molecule has 1 aliphatic heterocycles. The first kappa shape index (κ1) is 23.0. The van der Waals surface area contributed by atoms with Crippen LogP contribution in [0.5, 0.6) is 0 Å². The second kappa shape index (κ2) is 10.5. The molecule has 0 bridgehead atoms. The first-order chi connectivity index (χ1) is 14.1. The van der Waals surface area contributed by atoms with E-state index < -0.39 is 0 Å². The van der Waals surface area contributed by atoms with Crippen molar-refractivity contribution in [2.24, 2.45) is 0 Å². The Hall–Kier alpha value is -1.72. The largest absolute Gasteiger partial charge is 0.384 e. The lowest BCUT2D eigenvalue weighted by Gasteiger charge is -2.36. The highest BCUT2D eigenvalue weighted by atomic mass is 35.5. The van der Waals surface area contributed by atoms with Crippen molar-refractivity contribution in [1.29, 1.82) is 0 Å². The van der Waals surface area contributed by atoms with Crippen molar-refractivity contribution >= 4 is 57.9 Å². The smallest absolute Gasteiger partial charge is 0.124 e. The summed E-state index contributed by atoms with van der Waals surface area (Å²) in [4.78, 5) is 9.43. The number of aryl methyl sites for hydroxylation is 1. The van der Waals surface area contributed by atoms with Crippen LogP contribution in [0.2, 0.25) is 10.0 Å². The van der Waals surface area contributed by atoms with Crippen LogP contribution in [0.25, 0.3) is 10.8 Å². The van der Waals surface area contributed by atoms with E-state index in [-0.39, 0.29) is 12.4 Å². The van der Waals surface area contributed by atoms with Crippen molar-refractivity contribution < 1.29 is 0 Å². The van der Waals surface area contributed by atoms with Gasteiger partial charge in [0.2, 0.25) is 0 Å². The number of nitrogens with zero attached hydrogens (tertiary/aromatic N) is 3. The van der Waals surface area contributed by atoms with Gasteiger partial charge in [-0.05, 0) is 49.4 Å². The quantitative estimate of drug-likeness (QED) is 0.475. The normalized spacial score (nSPS) is 14.7. The number of hydrogen-bond donors (Lipinski definition) is 1. The summed E-state index contributed by atoms with van der Waals surface area (Å²) in [6.45, 7) is 5.14. The maximum absolute atomic E-state index is 6.37. The summed E-state index contributed by atoms with van der Waals surface area (Å²) in [5, 5.41) is 3.67. The molecular formula is C23H27Cl3N4. The second-order valence-corrected chi connectivity index (χ2v) is 8.36. The van der Waals surface area contributed by atoms with Gasteiger partial charge in [-0.2, -0.15) is 0 Å². The Morgan fingerprint density at radius 2 is 1.70 bits per heavy atom. The SMILES string of the molecule is Cl.Nc1cc2ccccc2c(CCCCN2CCN(c3cccc(Cl)c3Cl)CC2)n1. The molecule has 0 aliphatic carbocycles. The van der Waals surface area contributed by atoms with Crippen LogP contribution in [0, 0.1) is 0 Å². The minimum Gasteiger partial charge on any atom is -0.384 e. The minimum atomic E-state index is 0. The molecule has 0 atom stereocenters. The number of piperazine rings is 1. The van der Waals surface area contributed by atoms with Crippen molar-refractivity contribution in [2.45, 2.75) is 19.3 Å². The standard InChI is InChI=1S/C23H26Cl2N4.ClH/c24-19-8-5-10-21(23(19)25)29-14-12-28(13-15-29)11-4-3-9-20-18-7-2-1-6-17(18)16-22(26)27-20;/h1-2,5-8,10,16H,3-4,9,11-15H2,(H2,26,27);1H. The molecule has 4 nitrogen and oxygen atoms in total. The lowest BCUT2D eigenvalue weighted by atomic mass is 10.1. The first-order valence-corrected chi connectivity index (χ1v) is 10.9. The topological polar surface area (TPSA) is 45.4 Å². The van der Waals surface area contributed by atoms with Gasteiger partial charge < -0.3 is 10.6 Å². The maximum atomic E-state index is 6.37. The maximum Gasteiger partial charge on any atom is 0.124 e. The lowest BCUT2D eigenvalue weighted by Crippen LogP contribution is -2.46. The molecule has 1 saturated heterocycles. The Morgan fingerprint density at radius 3 is 2.50 bits per heavy atom. The molecular weight excluding hydrogens is 439 g/mol. The molecule has 30 heavy (non-hydrogen) atoms. The molecule has 1 aromatic heterocycles. The number of aromatic nitrogens is 1. The van der Waals surface area contributed by atoms with E-state index in [0.29, 0.717) is 15.9 Å². The summed E-state index contributed by atoms with van der Waals surface area (Å²) in [7, 11) is 0. The van der Waals surface area contributed by atoms with Gasteiger partial charge in [0, 0.05) is 31.6 Å². The molecule has 160 valence electrons. The zero-order chi connectivity index (χ0) is 20.2. The van der Waals surface area contributed by atoms with Crippen molar-refractivity contribution in [2.75, 3.05) is 43.4 Å². The number of rotatable bonds is 6. The summed E-state index contributed by atoms with van der Waals surface area (Å²) in [6, 6.07) is 16.1. The van der Waals surface area contributed by atoms with E-state index in [2.05, 4.69) is 33.0 Å². The van der Waals surface area contributed by atoms with Crippen LogP contribution in [0.15, 0.2) is 48.5 Å². The van der Waals surface area contributed by atoms with E-state index in [9.17, 15) is 0 Å². The first-order valence-electron chi connectivity index (χ1n) is 10.2. The second-order valence-electron chi connectivity index (χ2n) is 7.57. The van der Waals surface area contributed by atoms with Gasteiger partial charge in [0.25, 0.3) is 0 Å². The van der Waals surface area contributed by atoms with E-state index in [1.54, 1.807) is 0 Å². The molecule has 0 unspecified atom stereocenters. The molecule has 7 heteroatoms. The summed E-state index contributed by atoms with van der Waals surface area (Å²) in [5.74, 6) is 0.606. The summed E-state index contributed by atoms with van der Waals surface area (Å²) >= 11 is 12.5. The molecule has 2 N–H and O–H groups in total. The van der Waals surface area contributed by atoms with Gasteiger partial charge in [-0.1, -0.05) is 53.5 Å². The van der Waals surface area contributed by atoms with Gasteiger partial charge in [-0.3, -0.25) is 4.90 Å². The molecule has 0 radical (unpaired) electrons. The highest BCUT2D eigenvalue weighted by Gasteiger charge is 2.19. The third kappa shape index (κ3) is 5.30. The van der Waals surface area contributed by atoms with Gasteiger partial charge in [-0.25, -0.2) is 4.98 Å². The van der Waals surface area contributed by atoms with Crippen LogP contribution < -0.4 is 10.6 Å². The van der Waals surface area contributed by atoms with Gasteiger partial charge in [0.1, 0.15) is 5.82 Å². The number of nitrogens with two attached hydrogens (primary N) is 1. The fraction of sp³-hybridized carbons (Fsp3) is 0.348. The van der Waals surface area contributed by atoms with Crippen LogP contribution in [-0.2, 0) is 6.42 Å². The Balaban J connectivity index is 0.00000256. The fourth-order valence-electron chi connectivity index (χ4n) is 4.06. The minimum absolute atomic E-state index is 0. The van der Waals surface area contributed by atoms with Gasteiger partial charge >= 0.3 is 0 Å². The molecule has 1 aliphatic rings. The number of hydrogen-bond acceptors (Lipinski definition) is 4. The molecule has 2 aromatic carbocycles. The Kier molecular flexibility index (Phi) is 8.06. The fourth-order valence-corrected chi connectivity index (χ4v) is 4.48. The highest BCUT2D eigenvalue weighted by Crippen LogP contribution is 2.32. The highest BCUT2D eigenvalue weighted by molar-refractivity contribution is 6.43. The number of halogens is 3. The van der Waals surface area contributed by atoms with Gasteiger partial charge in [-0.15, -0.1) is 12.4 Å². The third-order valence-corrected chi connectivity index (χ3v) is 6.43. The molecule has 1 fully saturated rings. The molecule has 4 rings (SSSR count). The Morgan fingerprint density at radius 1 is 0.933 bits per heavy atom. The summed E-state index contributed by atoms with van der Waals surface area (Å²) in [5.41, 5.74) is 8.14. The van der Waals surface area contributed by atoms with Crippen LogP contribution in [0.4, 0.5) is 11.5 Å².